The van der Waals surface area contributed by atoms with Gasteiger partial charge in [-0.1, -0.05) is 98.4 Å². The second kappa shape index (κ2) is 7.52. The van der Waals surface area contributed by atoms with Crippen molar-refractivity contribution in [3.8, 4) is 0 Å². The number of piperidine rings is 1. The SMILES string of the molecule is CC1(C)CN(C(=S)C23CC4CC(c5ccccc5)(CC2/C4=C\c2ccccc2)C3)CC[C@@H]1N. The third-order valence-corrected chi connectivity index (χ3v) is 10.2. The standard InChI is InChI=1S/C30H36N2S/c1-28(2)20-32(14-13-26(28)31)27(33)30-17-22-16-29(19-30,23-11-7-4-8-12-23)18-25(30)24(22)15-21-9-5-3-6-10-21/h3-12,15,22,25-26H,13-14,16-20,31H2,1-2H3/b24-15-/t22?,25?,26-,29?,30?/m0/s1. The lowest BCUT2D eigenvalue weighted by Crippen LogP contribution is -2.56. The van der Waals surface area contributed by atoms with E-state index in [1.54, 1.807) is 5.57 Å². The number of thiocarbonyl (C=S) groups is 1. The molecule has 7 rings (SSSR count). The first kappa shape index (κ1) is 21.6. The van der Waals surface area contributed by atoms with Gasteiger partial charge in [0, 0.05) is 24.5 Å². The van der Waals surface area contributed by atoms with Crippen molar-refractivity contribution < 1.29 is 0 Å². The van der Waals surface area contributed by atoms with Crippen LogP contribution in [0.5, 0.6) is 0 Å². The number of hydrogen-bond acceptors (Lipinski definition) is 2. The molecule has 5 atom stereocenters. The van der Waals surface area contributed by atoms with Crippen LogP contribution in [-0.4, -0.2) is 29.0 Å². The van der Waals surface area contributed by atoms with Gasteiger partial charge >= 0.3 is 0 Å². The highest BCUT2D eigenvalue weighted by atomic mass is 32.1. The zero-order chi connectivity index (χ0) is 22.8. The van der Waals surface area contributed by atoms with Crippen LogP contribution >= 0.6 is 12.2 Å². The molecule has 4 bridgehead atoms. The average Bonchev–Trinajstić information content (AvgIpc) is 3.19. The predicted octanol–water partition coefficient (Wildman–Crippen LogP) is 6.21. The van der Waals surface area contributed by atoms with Crippen LogP contribution in [0.25, 0.3) is 6.08 Å². The van der Waals surface area contributed by atoms with E-state index in [0.717, 1.165) is 19.5 Å². The van der Waals surface area contributed by atoms with Crippen LogP contribution in [0.4, 0.5) is 0 Å². The summed E-state index contributed by atoms with van der Waals surface area (Å²) in [6, 6.07) is 22.5. The highest BCUT2D eigenvalue weighted by Crippen LogP contribution is 2.73. The lowest BCUT2D eigenvalue weighted by atomic mass is 9.63. The Morgan fingerprint density at radius 1 is 1.00 bits per heavy atom. The summed E-state index contributed by atoms with van der Waals surface area (Å²) in [5.41, 5.74) is 11.5. The summed E-state index contributed by atoms with van der Waals surface area (Å²) in [5.74, 6) is 1.19. The van der Waals surface area contributed by atoms with Gasteiger partial charge in [-0.15, -0.1) is 0 Å². The van der Waals surface area contributed by atoms with Gasteiger partial charge in [-0.25, -0.2) is 0 Å². The predicted molar refractivity (Wildman–Crippen MR) is 141 cm³/mol. The molecule has 172 valence electrons. The lowest BCUT2D eigenvalue weighted by molar-refractivity contribution is 0.133. The van der Waals surface area contributed by atoms with Crippen molar-refractivity contribution in [2.24, 2.45) is 28.4 Å². The molecule has 0 radical (unpaired) electrons. The van der Waals surface area contributed by atoms with Gasteiger partial charge in [-0.2, -0.15) is 0 Å². The molecule has 4 aliphatic carbocycles. The van der Waals surface area contributed by atoms with Crippen molar-refractivity contribution in [2.45, 2.75) is 57.4 Å². The quantitative estimate of drug-likeness (QED) is 0.556. The first-order valence-corrected chi connectivity index (χ1v) is 13.1. The third kappa shape index (κ3) is 3.26. The van der Waals surface area contributed by atoms with Crippen molar-refractivity contribution in [3.05, 3.63) is 77.4 Å². The number of nitrogens with two attached hydrogens (primary N) is 1. The zero-order valence-electron chi connectivity index (χ0n) is 20.0. The summed E-state index contributed by atoms with van der Waals surface area (Å²) in [6.45, 7) is 6.63. The van der Waals surface area contributed by atoms with E-state index in [1.807, 2.05) is 0 Å². The Balaban J connectivity index is 1.40. The number of nitrogens with zero attached hydrogens (tertiary/aromatic N) is 1. The van der Waals surface area contributed by atoms with Gasteiger partial charge in [-0.05, 0) is 65.9 Å². The van der Waals surface area contributed by atoms with E-state index < -0.39 is 0 Å². The van der Waals surface area contributed by atoms with Crippen molar-refractivity contribution in [1.82, 2.24) is 4.90 Å². The van der Waals surface area contributed by atoms with Crippen LogP contribution in [0.3, 0.4) is 0 Å². The van der Waals surface area contributed by atoms with E-state index in [0.29, 0.717) is 11.8 Å². The average molecular weight is 457 g/mol. The Bertz CT molecular complexity index is 1090. The number of likely N-dealkylation sites (tertiary alicyclic amines) is 1. The molecular weight excluding hydrogens is 420 g/mol. The zero-order valence-corrected chi connectivity index (χ0v) is 20.8. The molecule has 0 spiro atoms. The highest BCUT2D eigenvalue weighted by Gasteiger charge is 2.68. The Kier molecular flexibility index (Phi) is 4.91. The monoisotopic (exact) mass is 456 g/mol. The van der Waals surface area contributed by atoms with Gasteiger partial charge < -0.3 is 10.6 Å². The van der Waals surface area contributed by atoms with Gasteiger partial charge in [0.1, 0.15) is 0 Å². The minimum absolute atomic E-state index is 0.106. The molecule has 2 aromatic rings. The molecule has 1 aliphatic heterocycles. The Hall–Kier alpha value is -1.97. The van der Waals surface area contributed by atoms with Crippen molar-refractivity contribution >= 4 is 23.3 Å². The first-order chi connectivity index (χ1) is 15.8. The summed E-state index contributed by atoms with van der Waals surface area (Å²) in [7, 11) is 0. The van der Waals surface area contributed by atoms with Gasteiger partial charge in [0.2, 0.25) is 0 Å². The summed E-state index contributed by atoms with van der Waals surface area (Å²) >= 11 is 6.45. The number of allylic oxidation sites excluding steroid dienone is 1. The van der Waals surface area contributed by atoms with Gasteiger partial charge in [-0.3, -0.25) is 0 Å². The summed E-state index contributed by atoms with van der Waals surface area (Å²) in [5, 5.41) is 0. The Labute approximate surface area is 204 Å². The van der Waals surface area contributed by atoms with E-state index >= 15 is 0 Å². The van der Waals surface area contributed by atoms with Crippen LogP contribution in [0.2, 0.25) is 0 Å². The van der Waals surface area contributed by atoms with Crippen molar-refractivity contribution in [1.29, 1.82) is 0 Å². The molecule has 3 heteroatoms. The number of benzene rings is 2. The summed E-state index contributed by atoms with van der Waals surface area (Å²) < 4.78 is 0. The molecule has 5 aliphatic rings. The topological polar surface area (TPSA) is 29.3 Å². The molecule has 1 heterocycles. The smallest absolute Gasteiger partial charge is 0.0848 e. The van der Waals surface area contributed by atoms with Gasteiger partial charge in [0.25, 0.3) is 0 Å². The maximum Gasteiger partial charge on any atom is 0.0848 e. The molecule has 4 unspecified atom stereocenters. The fraction of sp³-hybridized carbons (Fsp3) is 0.500. The Morgan fingerprint density at radius 2 is 1.70 bits per heavy atom. The van der Waals surface area contributed by atoms with Crippen LogP contribution in [0, 0.1) is 22.7 Å². The maximum atomic E-state index is 6.49. The molecule has 4 saturated carbocycles. The molecule has 2 nitrogen and oxygen atoms in total. The van der Waals surface area contributed by atoms with E-state index in [1.165, 1.54) is 41.8 Å². The van der Waals surface area contributed by atoms with Crippen LogP contribution in [0.15, 0.2) is 66.2 Å². The molecule has 0 amide bonds. The Morgan fingerprint density at radius 3 is 2.39 bits per heavy atom. The van der Waals surface area contributed by atoms with E-state index in [2.05, 4.69) is 85.5 Å². The number of rotatable bonds is 3. The van der Waals surface area contributed by atoms with E-state index in [9.17, 15) is 0 Å². The lowest BCUT2D eigenvalue weighted by Gasteiger charge is -2.48. The number of hydrogen-bond donors (Lipinski definition) is 1. The van der Waals surface area contributed by atoms with Gasteiger partial charge in [0.15, 0.2) is 0 Å². The van der Waals surface area contributed by atoms with E-state index in [4.69, 9.17) is 18.0 Å². The highest BCUT2D eigenvalue weighted by molar-refractivity contribution is 7.80. The first-order valence-electron chi connectivity index (χ1n) is 12.7. The molecule has 1 saturated heterocycles. The molecule has 2 N–H and O–H groups in total. The fourth-order valence-electron chi connectivity index (χ4n) is 7.96. The summed E-state index contributed by atoms with van der Waals surface area (Å²) in [6.07, 6.45) is 8.49. The molecule has 33 heavy (non-hydrogen) atoms. The maximum absolute atomic E-state index is 6.49. The third-order valence-electron chi connectivity index (χ3n) is 9.58. The van der Waals surface area contributed by atoms with Gasteiger partial charge in [0.05, 0.1) is 4.99 Å². The second-order valence-electron chi connectivity index (χ2n) is 12.0. The normalized spacial score (nSPS) is 37.6. The van der Waals surface area contributed by atoms with Crippen LogP contribution < -0.4 is 5.73 Å². The molecule has 5 fully saturated rings. The minimum atomic E-state index is 0.106. The second-order valence-corrected chi connectivity index (χ2v) is 12.4. The minimum Gasteiger partial charge on any atom is -0.365 e. The molecule has 2 aromatic carbocycles. The van der Waals surface area contributed by atoms with Crippen LogP contribution in [-0.2, 0) is 5.41 Å². The molecular formula is C30H36N2S. The van der Waals surface area contributed by atoms with E-state index in [-0.39, 0.29) is 22.3 Å². The van der Waals surface area contributed by atoms with Crippen molar-refractivity contribution in [2.75, 3.05) is 13.1 Å². The largest absolute Gasteiger partial charge is 0.365 e. The molecule has 0 aromatic heterocycles. The fourth-order valence-corrected chi connectivity index (χ4v) is 8.41. The van der Waals surface area contributed by atoms with Crippen LogP contribution in [0.1, 0.15) is 57.1 Å². The van der Waals surface area contributed by atoms with Crippen molar-refractivity contribution in [3.63, 3.8) is 0 Å². The summed E-state index contributed by atoms with van der Waals surface area (Å²) in [4.78, 5) is 3.80.